The van der Waals surface area contributed by atoms with Crippen molar-refractivity contribution in [2.75, 3.05) is 42.9 Å². The molecule has 5 heteroatoms. The Balaban J connectivity index is 1.81. The summed E-state index contributed by atoms with van der Waals surface area (Å²) in [5, 5.41) is 3.66. The van der Waals surface area contributed by atoms with Crippen molar-refractivity contribution in [2.24, 2.45) is 0 Å². The number of rotatable bonds is 4. The number of nitrogens with one attached hydrogen (secondary N) is 1. The molecule has 0 unspecified atom stereocenters. The summed E-state index contributed by atoms with van der Waals surface area (Å²) < 4.78 is 0. The molecule has 0 bridgehead atoms. The van der Waals surface area contributed by atoms with Crippen molar-refractivity contribution in [3.63, 3.8) is 0 Å². The minimum absolute atomic E-state index is 0.112. The van der Waals surface area contributed by atoms with Gasteiger partial charge in [0.15, 0.2) is 0 Å². The first-order valence-corrected chi connectivity index (χ1v) is 9.09. The second-order valence-electron chi connectivity index (χ2n) is 6.41. The van der Waals surface area contributed by atoms with Crippen LogP contribution in [-0.2, 0) is 0 Å². The standard InChI is InChI=1S/C20H24ClN3O/c1-3-23-9-11-24(12-10-23)19-8-7-17(21)14-18(19)22-20(25)16-6-4-5-15(2)13-16/h4-8,13-14H,3,9-12H2,1-2H3,(H,22,25). The molecule has 25 heavy (non-hydrogen) atoms. The van der Waals surface area contributed by atoms with Crippen LogP contribution in [0.25, 0.3) is 0 Å². The fraction of sp³-hybridized carbons (Fsp3) is 0.350. The Morgan fingerprint density at radius 1 is 1.12 bits per heavy atom. The van der Waals surface area contributed by atoms with Crippen LogP contribution in [-0.4, -0.2) is 43.5 Å². The molecule has 2 aromatic rings. The summed E-state index contributed by atoms with van der Waals surface area (Å²) in [6.45, 7) is 9.20. The summed E-state index contributed by atoms with van der Waals surface area (Å²) in [6.07, 6.45) is 0. The molecule has 1 aliphatic rings. The second kappa shape index (κ2) is 7.89. The number of hydrogen-bond acceptors (Lipinski definition) is 3. The Morgan fingerprint density at radius 3 is 2.56 bits per heavy atom. The average Bonchev–Trinajstić information content (AvgIpc) is 2.62. The van der Waals surface area contributed by atoms with Gasteiger partial charge in [0.2, 0.25) is 0 Å². The number of carbonyl (C=O) groups is 1. The van der Waals surface area contributed by atoms with Crippen LogP contribution in [0.15, 0.2) is 42.5 Å². The zero-order valence-electron chi connectivity index (χ0n) is 14.8. The predicted octanol–water partition coefficient (Wildman–Crippen LogP) is 4.04. The van der Waals surface area contributed by atoms with Gasteiger partial charge in [-0.15, -0.1) is 0 Å². The van der Waals surface area contributed by atoms with E-state index in [4.69, 9.17) is 11.6 Å². The number of halogens is 1. The monoisotopic (exact) mass is 357 g/mol. The summed E-state index contributed by atoms with van der Waals surface area (Å²) in [4.78, 5) is 17.4. The van der Waals surface area contributed by atoms with Gasteiger partial charge in [0.05, 0.1) is 11.4 Å². The van der Waals surface area contributed by atoms with Gasteiger partial charge in [0.25, 0.3) is 5.91 Å². The van der Waals surface area contributed by atoms with Gasteiger partial charge in [-0.3, -0.25) is 4.79 Å². The van der Waals surface area contributed by atoms with Gasteiger partial charge < -0.3 is 15.1 Å². The number of likely N-dealkylation sites (N-methyl/N-ethyl adjacent to an activating group) is 1. The van der Waals surface area contributed by atoms with E-state index in [0.717, 1.165) is 49.7 Å². The lowest BCUT2D eigenvalue weighted by Gasteiger charge is -2.36. The van der Waals surface area contributed by atoms with Gasteiger partial charge in [0.1, 0.15) is 0 Å². The summed E-state index contributed by atoms with van der Waals surface area (Å²) >= 11 is 6.18. The molecular formula is C20H24ClN3O. The molecule has 0 spiro atoms. The minimum Gasteiger partial charge on any atom is -0.367 e. The Kier molecular flexibility index (Phi) is 5.61. The fourth-order valence-corrected chi connectivity index (χ4v) is 3.34. The van der Waals surface area contributed by atoms with E-state index in [1.165, 1.54) is 0 Å². The maximum atomic E-state index is 12.6. The van der Waals surface area contributed by atoms with Gasteiger partial charge in [-0.1, -0.05) is 36.2 Å². The highest BCUT2D eigenvalue weighted by atomic mass is 35.5. The SMILES string of the molecule is CCN1CCN(c2ccc(Cl)cc2NC(=O)c2cccc(C)c2)CC1. The minimum atomic E-state index is -0.112. The van der Waals surface area contributed by atoms with Gasteiger partial charge in [-0.25, -0.2) is 0 Å². The number of aryl methyl sites for hydroxylation is 1. The zero-order chi connectivity index (χ0) is 17.8. The van der Waals surface area contributed by atoms with Crippen LogP contribution in [0.4, 0.5) is 11.4 Å². The molecule has 0 aliphatic carbocycles. The first-order chi connectivity index (χ1) is 12.1. The largest absolute Gasteiger partial charge is 0.367 e. The van der Waals surface area contributed by atoms with E-state index in [2.05, 4.69) is 22.0 Å². The van der Waals surface area contributed by atoms with Crippen LogP contribution in [0.5, 0.6) is 0 Å². The third kappa shape index (κ3) is 4.33. The Bertz CT molecular complexity index is 754. The number of nitrogens with zero attached hydrogens (tertiary/aromatic N) is 2. The molecule has 3 rings (SSSR count). The molecule has 0 saturated carbocycles. The van der Waals surface area contributed by atoms with Crippen molar-refractivity contribution in [3.05, 3.63) is 58.6 Å². The molecule has 0 radical (unpaired) electrons. The summed E-state index contributed by atoms with van der Waals surface area (Å²) in [6, 6.07) is 13.3. The van der Waals surface area contributed by atoms with E-state index in [-0.39, 0.29) is 5.91 Å². The maximum Gasteiger partial charge on any atom is 0.255 e. The normalized spacial score (nSPS) is 15.2. The molecule has 1 fully saturated rings. The van der Waals surface area contributed by atoms with E-state index in [1.807, 2.05) is 49.4 Å². The quantitative estimate of drug-likeness (QED) is 0.896. The summed E-state index contributed by atoms with van der Waals surface area (Å²) in [5.74, 6) is -0.112. The van der Waals surface area contributed by atoms with Gasteiger partial charge in [0, 0.05) is 36.8 Å². The highest BCUT2D eigenvalue weighted by Gasteiger charge is 2.19. The number of piperazine rings is 1. The number of hydrogen-bond donors (Lipinski definition) is 1. The smallest absolute Gasteiger partial charge is 0.255 e. The topological polar surface area (TPSA) is 35.6 Å². The van der Waals surface area contributed by atoms with Crippen molar-refractivity contribution in [3.8, 4) is 0 Å². The van der Waals surface area contributed by atoms with E-state index in [1.54, 1.807) is 0 Å². The van der Waals surface area contributed by atoms with Crippen molar-refractivity contribution in [2.45, 2.75) is 13.8 Å². The van der Waals surface area contributed by atoms with Crippen molar-refractivity contribution >= 4 is 28.9 Å². The molecule has 0 atom stereocenters. The third-order valence-electron chi connectivity index (χ3n) is 4.65. The molecule has 1 saturated heterocycles. The first-order valence-electron chi connectivity index (χ1n) is 8.71. The molecule has 2 aromatic carbocycles. The molecule has 1 aliphatic heterocycles. The van der Waals surface area contributed by atoms with E-state index >= 15 is 0 Å². The number of carbonyl (C=O) groups excluding carboxylic acids is 1. The van der Waals surface area contributed by atoms with Crippen LogP contribution < -0.4 is 10.2 Å². The van der Waals surface area contributed by atoms with E-state index < -0.39 is 0 Å². The molecule has 1 heterocycles. The maximum absolute atomic E-state index is 12.6. The highest BCUT2D eigenvalue weighted by Crippen LogP contribution is 2.30. The van der Waals surface area contributed by atoms with Crippen LogP contribution in [0.2, 0.25) is 5.02 Å². The van der Waals surface area contributed by atoms with Gasteiger partial charge in [-0.05, 0) is 43.8 Å². The Labute approximate surface area is 154 Å². The molecule has 0 aromatic heterocycles. The molecule has 4 nitrogen and oxygen atoms in total. The average molecular weight is 358 g/mol. The van der Waals surface area contributed by atoms with E-state index in [0.29, 0.717) is 10.6 Å². The van der Waals surface area contributed by atoms with Crippen molar-refractivity contribution in [1.82, 2.24) is 4.90 Å². The first kappa shape index (κ1) is 17.8. The second-order valence-corrected chi connectivity index (χ2v) is 6.84. The number of anilines is 2. The summed E-state index contributed by atoms with van der Waals surface area (Å²) in [7, 11) is 0. The lowest BCUT2D eigenvalue weighted by atomic mass is 10.1. The Hall–Kier alpha value is -2.04. The molecule has 132 valence electrons. The van der Waals surface area contributed by atoms with Crippen LogP contribution in [0, 0.1) is 6.92 Å². The van der Waals surface area contributed by atoms with Crippen LogP contribution >= 0.6 is 11.6 Å². The molecule has 1 N–H and O–H groups in total. The lowest BCUT2D eigenvalue weighted by Crippen LogP contribution is -2.46. The van der Waals surface area contributed by atoms with Crippen molar-refractivity contribution < 1.29 is 4.79 Å². The number of benzene rings is 2. The lowest BCUT2D eigenvalue weighted by molar-refractivity contribution is 0.102. The van der Waals surface area contributed by atoms with E-state index in [9.17, 15) is 4.79 Å². The zero-order valence-corrected chi connectivity index (χ0v) is 15.5. The molecule has 1 amide bonds. The van der Waals surface area contributed by atoms with Crippen LogP contribution in [0.3, 0.4) is 0 Å². The number of amides is 1. The highest BCUT2D eigenvalue weighted by molar-refractivity contribution is 6.31. The van der Waals surface area contributed by atoms with Crippen molar-refractivity contribution in [1.29, 1.82) is 0 Å². The van der Waals surface area contributed by atoms with Gasteiger partial charge >= 0.3 is 0 Å². The molecular weight excluding hydrogens is 334 g/mol. The Morgan fingerprint density at radius 2 is 1.88 bits per heavy atom. The van der Waals surface area contributed by atoms with Crippen LogP contribution in [0.1, 0.15) is 22.8 Å². The summed E-state index contributed by atoms with van der Waals surface area (Å²) in [5.41, 5.74) is 3.52. The third-order valence-corrected chi connectivity index (χ3v) is 4.88. The fourth-order valence-electron chi connectivity index (χ4n) is 3.17. The van der Waals surface area contributed by atoms with Gasteiger partial charge in [-0.2, -0.15) is 0 Å². The predicted molar refractivity (Wildman–Crippen MR) is 105 cm³/mol.